The predicted octanol–water partition coefficient (Wildman–Crippen LogP) is 3.23. The zero-order valence-electron chi connectivity index (χ0n) is 10.7. The quantitative estimate of drug-likeness (QED) is 0.922. The molecule has 1 atom stereocenters. The maximum atomic E-state index is 13.8. The Balaban J connectivity index is 2.65. The molecule has 2 aromatic rings. The molecule has 0 aliphatic heterocycles. The summed E-state index contributed by atoms with van der Waals surface area (Å²) in [5.41, 5.74) is -1.90. The van der Waals surface area contributed by atoms with E-state index in [9.17, 15) is 13.9 Å². The van der Waals surface area contributed by atoms with E-state index < -0.39 is 17.2 Å². The summed E-state index contributed by atoms with van der Waals surface area (Å²) in [6.45, 7) is 1.34. The van der Waals surface area contributed by atoms with Crippen molar-refractivity contribution in [3.8, 4) is 5.75 Å². The lowest BCUT2D eigenvalue weighted by atomic mass is 9.87. The molecule has 0 aliphatic carbocycles. The van der Waals surface area contributed by atoms with Crippen LogP contribution >= 0.6 is 0 Å². The average molecular weight is 264 g/mol. The molecule has 0 bridgehead atoms. The van der Waals surface area contributed by atoms with E-state index in [1.54, 1.807) is 24.3 Å². The summed E-state index contributed by atoms with van der Waals surface area (Å²) in [6.07, 6.45) is 0. The van der Waals surface area contributed by atoms with Crippen LogP contribution < -0.4 is 4.74 Å². The number of hydrogen-bond acceptors (Lipinski definition) is 2. The van der Waals surface area contributed by atoms with E-state index >= 15 is 0 Å². The monoisotopic (exact) mass is 264 g/mol. The maximum Gasteiger partial charge on any atom is 0.132 e. The summed E-state index contributed by atoms with van der Waals surface area (Å²) in [5.74, 6) is -1.22. The molecule has 1 unspecified atom stereocenters. The van der Waals surface area contributed by atoms with Gasteiger partial charge in [0.05, 0.1) is 12.7 Å². The van der Waals surface area contributed by atoms with E-state index in [1.807, 2.05) is 0 Å². The van der Waals surface area contributed by atoms with Crippen molar-refractivity contribution in [2.75, 3.05) is 7.11 Å². The number of rotatable bonds is 3. The van der Waals surface area contributed by atoms with Gasteiger partial charge in [-0.05, 0) is 25.1 Å². The summed E-state index contributed by atoms with van der Waals surface area (Å²) in [5, 5.41) is 10.6. The van der Waals surface area contributed by atoms with E-state index in [4.69, 9.17) is 4.74 Å². The van der Waals surface area contributed by atoms with Crippen LogP contribution in [-0.4, -0.2) is 12.2 Å². The Morgan fingerprint density at radius 3 is 2.16 bits per heavy atom. The highest BCUT2D eigenvalue weighted by molar-refractivity contribution is 5.44. The number of aliphatic hydroxyl groups is 1. The molecule has 4 heteroatoms. The summed E-state index contributed by atoms with van der Waals surface area (Å²) in [7, 11) is 1.44. The Hall–Kier alpha value is -1.94. The van der Waals surface area contributed by atoms with Gasteiger partial charge in [0, 0.05) is 5.56 Å². The standard InChI is InChI=1S/C15H14F2O2/c1-15(18,10-6-3-4-9-13(10)19-2)14-11(16)7-5-8-12(14)17/h3-9,18H,1-2H3. The minimum absolute atomic E-state index is 0.307. The fourth-order valence-electron chi connectivity index (χ4n) is 2.14. The van der Waals surface area contributed by atoms with E-state index in [1.165, 1.54) is 20.1 Å². The van der Waals surface area contributed by atoms with Crippen LogP contribution in [0.15, 0.2) is 42.5 Å². The van der Waals surface area contributed by atoms with Crippen molar-refractivity contribution in [1.29, 1.82) is 0 Å². The topological polar surface area (TPSA) is 29.5 Å². The third-order valence-corrected chi connectivity index (χ3v) is 3.08. The highest BCUT2D eigenvalue weighted by atomic mass is 19.1. The molecule has 2 nitrogen and oxygen atoms in total. The largest absolute Gasteiger partial charge is 0.496 e. The van der Waals surface area contributed by atoms with E-state index in [2.05, 4.69) is 0 Å². The third kappa shape index (κ3) is 2.31. The van der Waals surface area contributed by atoms with E-state index in [0.717, 1.165) is 12.1 Å². The summed E-state index contributed by atoms with van der Waals surface area (Å²) in [6, 6.07) is 10.1. The van der Waals surface area contributed by atoms with Gasteiger partial charge in [0.25, 0.3) is 0 Å². The molecule has 0 heterocycles. The van der Waals surface area contributed by atoms with Crippen molar-refractivity contribution in [2.45, 2.75) is 12.5 Å². The minimum atomic E-state index is -1.82. The van der Waals surface area contributed by atoms with Crippen molar-refractivity contribution in [1.82, 2.24) is 0 Å². The molecule has 2 aromatic carbocycles. The summed E-state index contributed by atoms with van der Waals surface area (Å²) < 4.78 is 32.8. The second-order valence-electron chi connectivity index (χ2n) is 4.37. The first-order chi connectivity index (χ1) is 8.98. The van der Waals surface area contributed by atoms with Crippen LogP contribution in [0.4, 0.5) is 8.78 Å². The lowest BCUT2D eigenvalue weighted by Crippen LogP contribution is -2.26. The molecule has 0 spiro atoms. The van der Waals surface area contributed by atoms with Crippen molar-refractivity contribution < 1.29 is 18.6 Å². The molecule has 100 valence electrons. The lowest BCUT2D eigenvalue weighted by Gasteiger charge is -2.27. The number of halogens is 2. The second-order valence-corrected chi connectivity index (χ2v) is 4.37. The van der Waals surface area contributed by atoms with Gasteiger partial charge in [-0.1, -0.05) is 24.3 Å². The van der Waals surface area contributed by atoms with Crippen molar-refractivity contribution in [3.05, 3.63) is 65.2 Å². The van der Waals surface area contributed by atoms with Crippen LogP contribution in [0.3, 0.4) is 0 Å². The predicted molar refractivity (Wildman–Crippen MR) is 68.0 cm³/mol. The Morgan fingerprint density at radius 1 is 1.00 bits per heavy atom. The smallest absolute Gasteiger partial charge is 0.132 e. The molecule has 0 saturated carbocycles. The van der Waals surface area contributed by atoms with Gasteiger partial charge in [-0.3, -0.25) is 0 Å². The molecule has 1 N–H and O–H groups in total. The minimum Gasteiger partial charge on any atom is -0.496 e. The maximum absolute atomic E-state index is 13.8. The molecule has 19 heavy (non-hydrogen) atoms. The molecule has 0 aliphatic rings. The van der Waals surface area contributed by atoms with Gasteiger partial charge in [0.15, 0.2) is 0 Å². The van der Waals surface area contributed by atoms with E-state index in [-0.39, 0.29) is 5.56 Å². The van der Waals surface area contributed by atoms with Gasteiger partial charge in [-0.15, -0.1) is 0 Å². The Bertz CT molecular complexity index is 574. The van der Waals surface area contributed by atoms with Crippen molar-refractivity contribution in [2.24, 2.45) is 0 Å². The fourth-order valence-corrected chi connectivity index (χ4v) is 2.14. The molecule has 0 aromatic heterocycles. The number of para-hydroxylation sites is 1. The van der Waals surface area contributed by atoms with Crippen molar-refractivity contribution in [3.63, 3.8) is 0 Å². The van der Waals surface area contributed by atoms with Crippen LogP contribution in [0.2, 0.25) is 0 Å². The molecule has 0 saturated heterocycles. The van der Waals surface area contributed by atoms with Crippen LogP contribution in [0, 0.1) is 11.6 Å². The number of hydrogen-bond donors (Lipinski definition) is 1. The van der Waals surface area contributed by atoms with Gasteiger partial charge in [0.2, 0.25) is 0 Å². The number of ether oxygens (including phenoxy) is 1. The number of methoxy groups -OCH3 is 1. The molecule has 0 fully saturated rings. The first kappa shape index (κ1) is 13.5. The average Bonchev–Trinajstić information content (AvgIpc) is 2.38. The van der Waals surface area contributed by atoms with Crippen molar-refractivity contribution >= 4 is 0 Å². The highest BCUT2D eigenvalue weighted by Gasteiger charge is 2.34. The zero-order chi connectivity index (χ0) is 14.0. The molecule has 0 radical (unpaired) electrons. The molecule has 2 rings (SSSR count). The summed E-state index contributed by atoms with van der Waals surface area (Å²) in [4.78, 5) is 0. The third-order valence-electron chi connectivity index (χ3n) is 3.08. The zero-order valence-corrected chi connectivity index (χ0v) is 10.7. The first-order valence-electron chi connectivity index (χ1n) is 5.79. The van der Waals surface area contributed by atoms with Gasteiger partial charge in [-0.2, -0.15) is 0 Å². The Morgan fingerprint density at radius 2 is 1.58 bits per heavy atom. The first-order valence-corrected chi connectivity index (χ1v) is 5.79. The normalized spacial score (nSPS) is 13.9. The fraction of sp³-hybridized carbons (Fsp3) is 0.200. The lowest BCUT2D eigenvalue weighted by molar-refractivity contribution is 0.0903. The molecular weight excluding hydrogens is 250 g/mol. The van der Waals surface area contributed by atoms with Gasteiger partial charge >= 0.3 is 0 Å². The Labute approximate surface area is 110 Å². The van der Waals surface area contributed by atoms with Crippen LogP contribution in [0.5, 0.6) is 5.75 Å². The SMILES string of the molecule is COc1ccccc1C(C)(O)c1c(F)cccc1F. The summed E-state index contributed by atoms with van der Waals surface area (Å²) >= 11 is 0. The number of benzene rings is 2. The second kappa shape index (κ2) is 4.97. The highest BCUT2D eigenvalue weighted by Crippen LogP contribution is 2.37. The van der Waals surface area contributed by atoms with Gasteiger partial charge in [-0.25, -0.2) is 8.78 Å². The van der Waals surface area contributed by atoms with Crippen LogP contribution in [0.1, 0.15) is 18.1 Å². The van der Waals surface area contributed by atoms with Gasteiger partial charge in [0.1, 0.15) is 23.0 Å². The van der Waals surface area contributed by atoms with Crippen LogP contribution in [-0.2, 0) is 5.60 Å². The Kier molecular flexibility index (Phi) is 3.53. The molecule has 0 amide bonds. The van der Waals surface area contributed by atoms with E-state index in [0.29, 0.717) is 11.3 Å². The van der Waals surface area contributed by atoms with Gasteiger partial charge < -0.3 is 9.84 Å². The molecular formula is C15H14F2O2. The van der Waals surface area contributed by atoms with Crippen LogP contribution in [0.25, 0.3) is 0 Å².